The summed E-state index contributed by atoms with van der Waals surface area (Å²) in [5.74, 6) is 0. The first-order valence-electron chi connectivity index (χ1n) is 11.4. The van der Waals surface area contributed by atoms with Crippen LogP contribution < -0.4 is 4.80 Å². The molecule has 0 bridgehead atoms. The molecule has 2 saturated heterocycles. The van der Waals surface area contributed by atoms with Crippen molar-refractivity contribution in [2.45, 2.75) is 30.4 Å². The van der Waals surface area contributed by atoms with Gasteiger partial charge in [-0.1, -0.05) is 23.2 Å². The van der Waals surface area contributed by atoms with Gasteiger partial charge in [-0.15, -0.1) is 11.3 Å². The molecule has 2 aromatic carbocycles. The Morgan fingerprint density at radius 2 is 1.83 bits per heavy atom. The topological polar surface area (TPSA) is 73.1 Å². The third-order valence-electron chi connectivity index (χ3n) is 6.08. The summed E-state index contributed by atoms with van der Waals surface area (Å²) in [7, 11) is -3.55. The van der Waals surface area contributed by atoms with Gasteiger partial charge >= 0.3 is 0 Å². The van der Waals surface area contributed by atoms with Gasteiger partial charge in [0.15, 0.2) is 4.80 Å². The number of thiazole rings is 1. The van der Waals surface area contributed by atoms with Crippen molar-refractivity contribution in [1.82, 2.24) is 8.87 Å². The van der Waals surface area contributed by atoms with Crippen LogP contribution in [0, 0.1) is 0 Å². The predicted molar refractivity (Wildman–Crippen MR) is 138 cm³/mol. The number of ether oxygens (including phenoxy) is 2. The Hall–Kier alpha value is -1.72. The average Bonchev–Trinajstić information content (AvgIpc) is 3.52. The van der Waals surface area contributed by atoms with E-state index >= 15 is 0 Å². The molecule has 0 aliphatic carbocycles. The van der Waals surface area contributed by atoms with Crippen molar-refractivity contribution < 1.29 is 17.9 Å². The van der Waals surface area contributed by atoms with Gasteiger partial charge in [0.05, 0.1) is 47.2 Å². The summed E-state index contributed by atoms with van der Waals surface area (Å²) in [4.78, 5) is 5.86. The quantitative estimate of drug-likeness (QED) is 0.432. The van der Waals surface area contributed by atoms with Crippen LogP contribution in [0.3, 0.4) is 0 Å². The molecule has 3 aromatic rings. The summed E-state index contributed by atoms with van der Waals surface area (Å²) in [6.07, 6.45) is 2.12. The summed E-state index contributed by atoms with van der Waals surface area (Å²) in [6, 6.07) is 12.1. The number of hydrogen-bond donors (Lipinski definition) is 0. The molecule has 3 heterocycles. The molecule has 11 heteroatoms. The molecule has 0 N–H and O–H groups in total. The molecule has 7 nitrogen and oxygen atoms in total. The van der Waals surface area contributed by atoms with E-state index in [1.54, 1.807) is 36.4 Å². The zero-order chi connectivity index (χ0) is 24.4. The molecule has 35 heavy (non-hydrogen) atoms. The van der Waals surface area contributed by atoms with E-state index in [-0.39, 0.29) is 11.0 Å². The van der Waals surface area contributed by atoms with E-state index in [0.717, 1.165) is 35.5 Å². The molecule has 0 spiro atoms. The number of halogens is 2. The highest BCUT2D eigenvalue weighted by Crippen LogP contribution is 2.32. The molecule has 0 saturated carbocycles. The molecule has 0 amide bonds. The van der Waals surface area contributed by atoms with Gasteiger partial charge in [-0.25, -0.2) is 13.4 Å². The maximum atomic E-state index is 12.9. The second kappa shape index (κ2) is 10.7. The molecule has 2 fully saturated rings. The lowest BCUT2D eigenvalue weighted by molar-refractivity contribution is 0.0730. The molecular formula is C24H25Cl2N3O4S2. The van der Waals surface area contributed by atoms with Gasteiger partial charge in [-0.05, 0) is 55.3 Å². The summed E-state index contributed by atoms with van der Waals surface area (Å²) in [6.45, 7) is 2.95. The monoisotopic (exact) mass is 553 g/mol. The number of benzene rings is 2. The number of hydrogen-bond acceptors (Lipinski definition) is 6. The minimum atomic E-state index is -3.55. The highest BCUT2D eigenvalue weighted by Gasteiger charge is 2.26. The van der Waals surface area contributed by atoms with E-state index in [9.17, 15) is 8.42 Å². The smallest absolute Gasteiger partial charge is 0.243 e. The summed E-state index contributed by atoms with van der Waals surface area (Å²) < 4.78 is 40.6. The summed E-state index contributed by atoms with van der Waals surface area (Å²) >= 11 is 14.3. The molecule has 5 rings (SSSR count). The zero-order valence-electron chi connectivity index (χ0n) is 18.9. The molecule has 186 valence electrons. The lowest BCUT2D eigenvalue weighted by Crippen LogP contribution is -2.40. The van der Waals surface area contributed by atoms with Crippen LogP contribution in [0.4, 0.5) is 5.69 Å². The molecule has 0 radical (unpaired) electrons. The van der Waals surface area contributed by atoms with Crippen LogP contribution in [0.25, 0.3) is 11.3 Å². The second-order valence-electron chi connectivity index (χ2n) is 8.40. The lowest BCUT2D eigenvalue weighted by atomic mass is 10.1. The van der Waals surface area contributed by atoms with Gasteiger partial charge in [-0.3, -0.25) is 0 Å². The minimum Gasteiger partial charge on any atom is -0.379 e. The van der Waals surface area contributed by atoms with Crippen molar-refractivity contribution in [2.75, 3.05) is 32.9 Å². The SMILES string of the molecule is O=S(=O)(c1ccc(N=c2scc(-c3cc(Cl)ccc3Cl)n2CC2CCCO2)cc1)N1CCOCC1. The average molecular weight is 555 g/mol. The van der Waals surface area contributed by atoms with E-state index in [0.29, 0.717) is 48.6 Å². The Labute approximate surface area is 218 Å². The highest BCUT2D eigenvalue weighted by atomic mass is 35.5. The number of sulfonamides is 1. The first-order chi connectivity index (χ1) is 16.9. The first kappa shape index (κ1) is 25.0. The molecule has 1 unspecified atom stereocenters. The van der Waals surface area contributed by atoms with E-state index < -0.39 is 10.0 Å². The molecule has 1 aromatic heterocycles. The fourth-order valence-electron chi connectivity index (χ4n) is 4.24. The van der Waals surface area contributed by atoms with Gasteiger partial charge in [-0.2, -0.15) is 4.31 Å². The van der Waals surface area contributed by atoms with Crippen molar-refractivity contribution >= 4 is 50.2 Å². The second-order valence-corrected chi connectivity index (χ2v) is 12.0. The third kappa shape index (κ3) is 5.51. The maximum absolute atomic E-state index is 12.9. The minimum absolute atomic E-state index is 0.0984. The van der Waals surface area contributed by atoms with Crippen LogP contribution in [0.15, 0.2) is 57.7 Å². The third-order valence-corrected chi connectivity index (χ3v) is 9.42. The Morgan fingerprint density at radius 1 is 1.06 bits per heavy atom. The first-order valence-corrected chi connectivity index (χ1v) is 14.5. The number of rotatable bonds is 6. The Morgan fingerprint density at radius 3 is 2.54 bits per heavy atom. The van der Waals surface area contributed by atoms with Crippen LogP contribution in [-0.2, 0) is 26.0 Å². The Kier molecular flexibility index (Phi) is 7.64. The van der Waals surface area contributed by atoms with Crippen LogP contribution in [-0.4, -0.2) is 56.3 Å². The molecule has 1 atom stereocenters. The van der Waals surface area contributed by atoms with Gasteiger partial charge in [0.25, 0.3) is 0 Å². The molecular weight excluding hydrogens is 529 g/mol. The maximum Gasteiger partial charge on any atom is 0.243 e. The molecule has 2 aliphatic rings. The fraction of sp³-hybridized carbons (Fsp3) is 0.375. The van der Waals surface area contributed by atoms with Gasteiger partial charge in [0, 0.05) is 35.7 Å². The van der Waals surface area contributed by atoms with Crippen molar-refractivity contribution in [3.05, 3.63) is 62.7 Å². The fourth-order valence-corrected chi connectivity index (χ4v) is 6.96. The predicted octanol–water partition coefficient (Wildman–Crippen LogP) is 4.96. The van der Waals surface area contributed by atoms with Crippen LogP contribution in [0.5, 0.6) is 0 Å². The van der Waals surface area contributed by atoms with Crippen molar-refractivity contribution in [3.63, 3.8) is 0 Å². The van der Waals surface area contributed by atoms with E-state index in [1.807, 2.05) is 11.4 Å². The van der Waals surface area contributed by atoms with E-state index in [4.69, 9.17) is 37.7 Å². The van der Waals surface area contributed by atoms with Crippen LogP contribution in [0.1, 0.15) is 12.8 Å². The largest absolute Gasteiger partial charge is 0.379 e. The number of morpholine rings is 1. The van der Waals surface area contributed by atoms with Crippen molar-refractivity contribution in [2.24, 2.45) is 4.99 Å². The highest BCUT2D eigenvalue weighted by molar-refractivity contribution is 7.89. The molecule has 2 aliphatic heterocycles. The number of aromatic nitrogens is 1. The standard InChI is InChI=1S/C24H25Cl2N3O4S2/c25-17-3-8-22(26)21(14-17)23-16-34-24(29(23)15-19-2-1-11-33-19)27-18-4-6-20(7-5-18)35(30,31)28-9-12-32-13-10-28/h3-8,14,16,19H,1-2,9-13,15H2. The Balaban J connectivity index is 1.50. The van der Waals surface area contributed by atoms with E-state index in [1.165, 1.54) is 15.6 Å². The van der Waals surface area contributed by atoms with Gasteiger partial charge in [0.1, 0.15) is 0 Å². The summed E-state index contributed by atoms with van der Waals surface area (Å²) in [5.41, 5.74) is 2.42. The van der Waals surface area contributed by atoms with Crippen LogP contribution in [0.2, 0.25) is 10.0 Å². The summed E-state index contributed by atoms with van der Waals surface area (Å²) in [5, 5.41) is 3.23. The normalized spacial score (nSPS) is 19.9. The van der Waals surface area contributed by atoms with Gasteiger partial charge in [0.2, 0.25) is 10.0 Å². The lowest BCUT2D eigenvalue weighted by Gasteiger charge is -2.26. The van der Waals surface area contributed by atoms with Crippen molar-refractivity contribution in [1.29, 1.82) is 0 Å². The zero-order valence-corrected chi connectivity index (χ0v) is 22.0. The van der Waals surface area contributed by atoms with Gasteiger partial charge < -0.3 is 14.0 Å². The van der Waals surface area contributed by atoms with Crippen molar-refractivity contribution in [3.8, 4) is 11.3 Å². The Bertz CT molecular complexity index is 1360. The number of nitrogens with zero attached hydrogens (tertiary/aromatic N) is 3. The van der Waals surface area contributed by atoms with Crippen LogP contribution >= 0.6 is 34.5 Å². The van der Waals surface area contributed by atoms with E-state index in [2.05, 4.69) is 4.57 Å².